The Bertz CT molecular complexity index is 420. The molecule has 1 aromatic rings. The minimum absolute atomic E-state index is 0.584. The highest BCUT2D eigenvalue weighted by Gasteiger charge is 2.29. The van der Waals surface area contributed by atoms with E-state index in [1.54, 1.807) is 0 Å². The molecular formula is C17H27N3. The fraction of sp³-hybridized carbons (Fsp3) is 0.588. The first-order valence-electron chi connectivity index (χ1n) is 7.57. The zero-order chi connectivity index (χ0) is 15.0. The maximum Gasteiger partial charge on any atom is 0.142 e. The summed E-state index contributed by atoms with van der Waals surface area (Å²) in [6.45, 7) is 9.09. The Kier molecular flexibility index (Phi) is 6.70. The van der Waals surface area contributed by atoms with E-state index in [2.05, 4.69) is 31.7 Å². The fourth-order valence-electron chi connectivity index (χ4n) is 2.50. The van der Waals surface area contributed by atoms with E-state index in [1.807, 2.05) is 30.3 Å². The molecule has 0 heterocycles. The first kappa shape index (κ1) is 16.7. The monoisotopic (exact) mass is 273 g/mol. The zero-order valence-corrected chi connectivity index (χ0v) is 13.0. The van der Waals surface area contributed by atoms with E-state index in [-0.39, 0.29) is 0 Å². The van der Waals surface area contributed by atoms with Crippen LogP contribution in [0, 0.1) is 17.2 Å². The van der Waals surface area contributed by atoms with Crippen molar-refractivity contribution in [3.05, 3.63) is 35.9 Å². The molecule has 3 heteroatoms. The van der Waals surface area contributed by atoms with Gasteiger partial charge in [-0.25, -0.2) is 0 Å². The van der Waals surface area contributed by atoms with Crippen LogP contribution >= 0.6 is 0 Å². The van der Waals surface area contributed by atoms with E-state index in [0.717, 1.165) is 18.7 Å². The molecule has 1 unspecified atom stereocenters. The van der Waals surface area contributed by atoms with Gasteiger partial charge >= 0.3 is 0 Å². The van der Waals surface area contributed by atoms with Gasteiger partial charge in [0.1, 0.15) is 5.54 Å². The summed E-state index contributed by atoms with van der Waals surface area (Å²) in [4.78, 5) is 2.30. The summed E-state index contributed by atoms with van der Waals surface area (Å²) >= 11 is 0. The van der Waals surface area contributed by atoms with Gasteiger partial charge < -0.3 is 10.6 Å². The van der Waals surface area contributed by atoms with Crippen LogP contribution in [0.15, 0.2) is 30.3 Å². The second-order valence-corrected chi connectivity index (χ2v) is 5.46. The van der Waals surface area contributed by atoms with Crippen molar-refractivity contribution in [2.75, 3.05) is 19.6 Å². The van der Waals surface area contributed by atoms with Crippen molar-refractivity contribution in [2.45, 2.75) is 39.2 Å². The molecule has 3 nitrogen and oxygen atoms in total. The Labute approximate surface area is 123 Å². The van der Waals surface area contributed by atoms with Gasteiger partial charge in [-0.05, 0) is 18.0 Å². The van der Waals surface area contributed by atoms with Crippen molar-refractivity contribution in [1.29, 1.82) is 5.26 Å². The zero-order valence-electron chi connectivity index (χ0n) is 13.0. The topological polar surface area (TPSA) is 53.0 Å². The maximum absolute atomic E-state index is 9.53. The number of likely N-dealkylation sites (N-methyl/N-ethyl adjacent to an activating group) is 1. The number of rotatable bonds is 8. The van der Waals surface area contributed by atoms with Crippen LogP contribution in [-0.4, -0.2) is 24.5 Å². The van der Waals surface area contributed by atoms with Crippen molar-refractivity contribution in [3.63, 3.8) is 0 Å². The molecule has 20 heavy (non-hydrogen) atoms. The first-order valence-corrected chi connectivity index (χ1v) is 7.57. The lowest BCUT2D eigenvalue weighted by Crippen LogP contribution is -2.47. The smallest absolute Gasteiger partial charge is 0.142 e. The standard InChI is InChI=1S/C17H27N3/c1-4-15(5-2)12-20(6-3)14-17(19,13-18)16-10-8-7-9-11-16/h7-11,15H,4-6,12,14,19H2,1-3H3. The molecule has 0 radical (unpaired) electrons. The highest BCUT2D eigenvalue weighted by Crippen LogP contribution is 2.20. The average Bonchev–Trinajstić information content (AvgIpc) is 2.52. The first-order chi connectivity index (χ1) is 9.59. The molecule has 1 atom stereocenters. The Morgan fingerprint density at radius 3 is 2.25 bits per heavy atom. The summed E-state index contributed by atoms with van der Waals surface area (Å²) in [7, 11) is 0. The van der Waals surface area contributed by atoms with Gasteiger partial charge in [0.25, 0.3) is 0 Å². The normalized spacial score (nSPS) is 14.2. The van der Waals surface area contributed by atoms with Crippen LogP contribution in [0.25, 0.3) is 0 Å². The molecule has 0 aliphatic rings. The predicted molar refractivity (Wildman–Crippen MR) is 84.1 cm³/mol. The van der Waals surface area contributed by atoms with Crippen LogP contribution in [0.5, 0.6) is 0 Å². The molecule has 1 rings (SSSR count). The van der Waals surface area contributed by atoms with Crippen molar-refractivity contribution >= 4 is 0 Å². The Morgan fingerprint density at radius 2 is 1.80 bits per heavy atom. The molecule has 0 aliphatic carbocycles. The van der Waals surface area contributed by atoms with Crippen molar-refractivity contribution in [2.24, 2.45) is 11.7 Å². The molecule has 0 aliphatic heterocycles. The summed E-state index contributed by atoms with van der Waals surface area (Å²) in [6, 6.07) is 12.0. The molecule has 0 aromatic heterocycles. The average molecular weight is 273 g/mol. The number of benzene rings is 1. The van der Waals surface area contributed by atoms with Gasteiger partial charge in [0.15, 0.2) is 0 Å². The number of nitriles is 1. The highest BCUT2D eigenvalue weighted by atomic mass is 15.1. The Balaban J connectivity index is 2.83. The lowest BCUT2D eigenvalue weighted by atomic mass is 9.91. The molecule has 0 bridgehead atoms. The van der Waals surface area contributed by atoms with E-state index in [1.165, 1.54) is 12.8 Å². The van der Waals surface area contributed by atoms with Gasteiger partial charge in [0.2, 0.25) is 0 Å². The van der Waals surface area contributed by atoms with Gasteiger partial charge in [0, 0.05) is 13.1 Å². The van der Waals surface area contributed by atoms with E-state index in [0.29, 0.717) is 12.5 Å². The minimum atomic E-state index is -0.927. The summed E-state index contributed by atoms with van der Waals surface area (Å²) in [5.74, 6) is 0.675. The fourth-order valence-corrected chi connectivity index (χ4v) is 2.50. The van der Waals surface area contributed by atoms with Crippen molar-refractivity contribution in [3.8, 4) is 6.07 Å². The number of nitrogens with zero attached hydrogens (tertiary/aromatic N) is 2. The molecule has 2 N–H and O–H groups in total. The Hall–Kier alpha value is -1.37. The van der Waals surface area contributed by atoms with Gasteiger partial charge in [-0.1, -0.05) is 63.9 Å². The van der Waals surface area contributed by atoms with Crippen LogP contribution in [-0.2, 0) is 5.54 Å². The molecule has 0 fully saturated rings. The van der Waals surface area contributed by atoms with E-state index in [4.69, 9.17) is 5.73 Å². The molecule has 0 saturated heterocycles. The predicted octanol–water partition coefficient (Wildman–Crippen LogP) is 3.12. The molecule has 1 aromatic carbocycles. The molecule has 0 spiro atoms. The quantitative estimate of drug-likeness (QED) is 0.791. The van der Waals surface area contributed by atoms with Crippen LogP contribution < -0.4 is 5.73 Å². The number of hydrogen-bond acceptors (Lipinski definition) is 3. The van der Waals surface area contributed by atoms with Gasteiger partial charge in [0.05, 0.1) is 6.07 Å². The summed E-state index contributed by atoms with van der Waals surface area (Å²) < 4.78 is 0. The maximum atomic E-state index is 9.53. The second-order valence-electron chi connectivity index (χ2n) is 5.46. The van der Waals surface area contributed by atoms with E-state index >= 15 is 0 Å². The van der Waals surface area contributed by atoms with Crippen LogP contribution in [0.1, 0.15) is 39.2 Å². The van der Waals surface area contributed by atoms with Crippen molar-refractivity contribution < 1.29 is 0 Å². The third kappa shape index (κ3) is 4.33. The summed E-state index contributed by atoms with van der Waals surface area (Å²) in [6.07, 6.45) is 2.34. The third-order valence-corrected chi connectivity index (χ3v) is 4.08. The largest absolute Gasteiger partial charge is 0.309 e. The van der Waals surface area contributed by atoms with Gasteiger partial charge in [-0.15, -0.1) is 0 Å². The van der Waals surface area contributed by atoms with E-state index < -0.39 is 5.54 Å². The van der Waals surface area contributed by atoms with Crippen LogP contribution in [0.3, 0.4) is 0 Å². The summed E-state index contributed by atoms with van der Waals surface area (Å²) in [5, 5.41) is 9.53. The van der Waals surface area contributed by atoms with E-state index in [9.17, 15) is 5.26 Å². The van der Waals surface area contributed by atoms with Crippen LogP contribution in [0.4, 0.5) is 0 Å². The summed E-state index contributed by atoms with van der Waals surface area (Å²) in [5.41, 5.74) is 6.32. The van der Waals surface area contributed by atoms with Crippen molar-refractivity contribution in [1.82, 2.24) is 4.90 Å². The molecule has 110 valence electrons. The van der Waals surface area contributed by atoms with Gasteiger partial charge in [-0.3, -0.25) is 0 Å². The SMILES string of the molecule is CCC(CC)CN(CC)CC(N)(C#N)c1ccccc1. The lowest BCUT2D eigenvalue weighted by Gasteiger charge is -2.32. The number of hydrogen-bond donors (Lipinski definition) is 1. The van der Waals surface area contributed by atoms with Crippen LogP contribution in [0.2, 0.25) is 0 Å². The molecule has 0 amide bonds. The highest BCUT2D eigenvalue weighted by molar-refractivity contribution is 5.31. The number of nitrogens with two attached hydrogens (primary N) is 1. The minimum Gasteiger partial charge on any atom is -0.309 e. The Morgan fingerprint density at radius 1 is 1.20 bits per heavy atom. The lowest BCUT2D eigenvalue weighted by molar-refractivity contribution is 0.204. The second kappa shape index (κ2) is 8.04. The van der Waals surface area contributed by atoms with Gasteiger partial charge in [-0.2, -0.15) is 5.26 Å². The molecule has 0 saturated carbocycles. The molecular weight excluding hydrogens is 246 g/mol. The third-order valence-electron chi connectivity index (χ3n) is 4.08.